The van der Waals surface area contributed by atoms with Crippen molar-refractivity contribution in [3.63, 3.8) is 0 Å². The molecule has 1 fully saturated rings. The first kappa shape index (κ1) is 12.5. The van der Waals surface area contributed by atoms with Crippen LogP contribution in [0.4, 0.5) is 0 Å². The van der Waals surface area contributed by atoms with Crippen LogP contribution in [0.25, 0.3) is 0 Å². The maximum absolute atomic E-state index is 10.8. The van der Waals surface area contributed by atoms with Crippen LogP contribution in [-0.2, 0) is 4.79 Å². The van der Waals surface area contributed by atoms with E-state index in [-0.39, 0.29) is 18.4 Å². The summed E-state index contributed by atoms with van der Waals surface area (Å²) in [7, 11) is 0. The highest BCUT2D eigenvalue weighted by Crippen LogP contribution is 2.32. The van der Waals surface area contributed by atoms with Crippen LogP contribution < -0.4 is 5.73 Å². The number of hydrogen-bond donors (Lipinski definition) is 2. The SMILES string of the molecule is CC(N)C(CC(=O)O)C1CCCCCC1. The number of carboxylic acid groups (broad SMARTS) is 1. The summed E-state index contributed by atoms with van der Waals surface area (Å²) in [6.07, 6.45) is 7.66. The second-order valence-corrected chi connectivity index (χ2v) is 4.87. The molecule has 3 heteroatoms. The second-order valence-electron chi connectivity index (χ2n) is 4.87. The van der Waals surface area contributed by atoms with E-state index < -0.39 is 5.97 Å². The van der Waals surface area contributed by atoms with Gasteiger partial charge in [0.05, 0.1) is 0 Å². The van der Waals surface area contributed by atoms with Gasteiger partial charge in [-0.15, -0.1) is 0 Å². The standard InChI is InChI=1S/C12H23NO2/c1-9(13)11(8-12(14)15)10-6-4-2-3-5-7-10/h9-11H,2-8,13H2,1H3,(H,14,15). The Kier molecular flexibility index (Phi) is 5.09. The van der Waals surface area contributed by atoms with Gasteiger partial charge in [0.1, 0.15) is 0 Å². The fourth-order valence-electron chi connectivity index (χ4n) is 2.72. The predicted molar refractivity (Wildman–Crippen MR) is 60.6 cm³/mol. The molecule has 0 heterocycles. The molecule has 88 valence electrons. The van der Waals surface area contributed by atoms with Crippen molar-refractivity contribution in [3.8, 4) is 0 Å². The number of carboxylic acids is 1. The van der Waals surface area contributed by atoms with Gasteiger partial charge in [0.2, 0.25) is 0 Å². The highest BCUT2D eigenvalue weighted by Gasteiger charge is 2.27. The van der Waals surface area contributed by atoms with Crippen LogP contribution in [0.5, 0.6) is 0 Å². The van der Waals surface area contributed by atoms with Gasteiger partial charge in [0.25, 0.3) is 0 Å². The highest BCUT2D eigenvalue weighted by molar-refractivity contribution is 5.67. The summed E-state index contributed by atoms with van der Waals surface area (Å²) >= 11 is 0. The molecular formula is C12H23NO2. The van der Waals surface area contributed by atoms with Crippen LogP contribution >= 0.6 is 0 Å². The van der Waals surface area contributed by atoms with E-state index in [1.54, 1.807) is 0 Å². The quantitative estimate of drug-likeness (QED) is 0.705. The molecule has 2 atom stereocenters. The lowest BCUT2D eigenvalue weighted by Crippen LogP contribution is -2.34. The third-order valence-corrected chi connectivity index (χ3v) is 3.59. The van der Waals surface area contributed by atoms with Gasteiger partial charge in [-0.05, 0) is 18.8 Å². The lowest BCUT2D eigenvalue weighted by atomic mass is 9.80. The summed E-state index contributed by atoms with van der Waals surface area (Å²) in [6.45, 7) is 1.94. The Morgan fingerprint density at radius 3 is 2.27 bits per heavy atom. The number of carbonyl (C=O) groups is 1. The predicted octanol–water partition coefficient (Wildman–Crippen LogP) is 2.39. The smallest absolute Gasteiger partial charge is 0.303 e. The van der Waals surface area contributed by atoms with Gasteiger partial charge in [0, 0.05) is 12.5 Å². The van der Waals surface area contributed by atoms with Gasteiger partial charge >= 0.3 is 5.97 Å². The average Bonchev–Trinajstić information content (AvgIpc) is 2.41. The van der Waals surface area contributed by atoms with Crippen LogP contribution in [0.15, 0.2) is 0 Å². The number of rotatable bonds is 4. The van der Waals surface area contributed by atoms with Crippen molar-refractivity contribution >= 4 is 5.97 Å². The maximum Gasteiger partial charge on any atom is 0.303 e. The highest BCUT2D eigenvalue weighted by atomic mass is 16.4. The van der Waals surface area contributed by atoms with E-state index in [2.05, 4.69) is 0 Å². The Balaban J connectivity index is 2.55. The van der Waals surface area contributed by atoms with Crippen LogP contribution in [0.3, 0.4) is 0 Å². The Hall–Kier alpha value is -0.570. The molecular weight excluding hydrogens is 190 g/mol. The van der Waals surface area contributed by atoms with E-state index in [1.165, 1.54) is 38.5 Å². The van der Waals surface area contributed by atoms with Crippen LogP contribution in [0.1, 0.15) is 51.9 Å². The van der Waals surface area contributed by atoms with Gasteiger partial charge in [-0.2, -0.15) is 0 Å². The van der Waals surface area contributed by atoms with Crippen molar-refractivity contribution in [3.05, 3.63) is 0 Å². The van der Waals surface area contributed by atoms with E-state index >= 15 is 0 Å². The third kappa shape index (κ3) is 4.20. The van der Waals surface area contributed by atoms with E-state index in [4.69, 9.17) is 10.8 Å². The zero-order chi connectivity index (χ0) is 11.3. The Morgan fingerprint density at radius 1 is 1.33 bits per heavy atom. The Labute approximate surface area is 92.0 Å². The van der Waals surface area contributed by atoms with Crippen molar-refractivity contribution in [1.29, 1.82) is 0 Å². The molecule has 1 aliphatic rings. The summed E-state index contributed by atoms with van der Waals surface area (Å²) in [5.41, 5.74) is 5.90. The minimum atomic E-state index is -0.707. The first-order chi connectivity index (χ1) is 7.11. The first-order valence-corrected chi connectivity index (χ1v) is 6.08. The summed E-state index contributed by atoms with van der Waals surface area (Å²) in [6, 6.07) is 0.00389. The van der Waals surface area contributed by atoms with Crippen molar-refractivity contribution in [1.82, 2.24) is 0 Å². The van der Waals surface area contributed by atoms with E-state index in [1.807, 2.05) is 6.92 Å². The molecule has 0 spiro atoms. The zero-order valence-corrected chi connectivity index (χ0v) is 9.61. The van der Waals surface area contributed by atoms with Gasteiger partial charge in [-0.1, -0.05) is 38.5 Å². The van der Waals surface area contributed by atoms with Gasteiger partial charge < -0.3 is 10.8 Å². The fourth-order valence-corrected chi connectivity index (χ4v) is 2.72. The van der Waals surface area contributed by atoms with Crippen molar-refractivity contribution in [2.75, 3.05) is 0 Å². The largest absolute Gasteiger partial charge is 0.481 e. The monoisotopic (exact) mass is 213 g/mol. The molecule has 0 aromatic carbocycles. The topological polar surface area (TPSA) is 63.3 Å². The summed E-state index contributed by atoms with van der Waals surface area (Å²) in [5.74, 6) is -0.00857. The molecule has 0 radical (unpaired) electrons. The van der Waals surface area contributed by atoms with Crippen molar-refractivity contribution < 1.29 is 9.90 Å². The third-order valence-electron chi connectivity index (χ3n) is 3.59. The number of aliphatic carboxylic acids is 1. The lowest BCUT2D eigenvalue weighted by molar-refractivity contribution is -0.138. The molecule has 3 N–H and O–H groups in total. The molecule has 0 amide bonds. The minimum absolute atomic E-state index is 0.00389. The molecule has 0 aromatic heterocycles. The molecule has 1 saturated carbocycles. The molecule has 0 saturated heterocycles. The normalized spacial score (nSPS) is 23.1. The number of nitrogens with two attached hydrogens (primary N) is 1. The molecule has 1 rings (SSSR count). The second kappa shape index (κ2) is 6.11. The van der Waals surface area contributed by atoms with Gasteiger partial charge in [-0.25, -0.2) is 0 Å². The fraction of sp³-hybridized carbons (Fsp3) is 0.917. The van der Waals surface area contributed by atoms with Crippen LogP contribution in [0, 0.1) is 11.8 Å². The molecule has 0 aromatic rings. The molecule has 3 nitrogen and oxygen atoms in total. The summed E-state index contributed by atoms with van der Waals surface area (Å²) in [5, 5.41) is 8.88. The van der Waals surface area contributed by atoms with Crippen molar-refractivity contribution in [2.24, 2.45) is 17.6 Å². The van der Waals surface area contributed by atoms with Gasteiger partial charge in [0.15, 0.2) is 0 Å². The Bertz CT molecular complexity index is 196. The lowest BCUT2D eigenvalue weighted by Gasteiger charge is -2.28. The first-order valence-electron chi connectivity index (χ1n) is 6.08. The number of hydrogen-bond acceptors (Lipinski definition) is 2. The molecule has 15 heavy (non-hydrogen) atoms. The van der Waals surface area contributed by atoms with Crippen LogP contribution in [-0.4, -0.2) is 17.1 Å². The zero-order valence-electron chi connectivity index (χ0n) is 9.61. The average molecular weight is 213 g/mol. The molecule has 0 bridgehead atoms. The van der Waals surface area contributed by atoms with Gasteiger partial charge in [-0.3, -0.25) is 4.79 Å². The molecule has 1 aliphatic carbocycles. The molecule has 0 aliphatic heterocycles. The maximum atomic E-state index is 10.8. The van der Waals surface area contributed by atoms with E-state index in [0.717, 1.165) is 0 Å². The minimum Gasteiger partial charge on any atom is -0.481 e. The van der Waals surface area contributed by atoms with E-state index in [0.29, 0.717) is 5.92 Å². The molecule has 2 unspecified atom stereocenters. The Morgan fingerprint density at radius 2 is 1.87 bits per heavy atom. The van der Waals surface area contributed by atoms with E-state index in [9.17, 15) is 4.79 Å². The van der Waals surface area contributed by atoms with Crippen molar-refractivity contribution in [2.45, 2.75) is 57.9 Å². The van der Waals surface area contributed by atoms with Crippen LogP contribution in [0.2, 0.25) is 0 Å². The summed E-state index contributed by atoms with van der Waals surface area (Å²) < 4.78 is 0. The summed E-state index contributed by atoms with van der Waals surface area (Å²) in [4.78, 5) is 10.8.